The molecule has 0 heterocycles. The predicted molar refractivity (Wildman–Crippen MR) is 206 cm³/mol. The van der Waals surface area contributed by atoms with Gasteiger partial charge in [-0.15, -0.1) is 0 Å². The van der Waals surface area contributed by atoms with E-state index in [4.69, 9.17) is 4.74 Å². The van der Waals surface area contributed by atoms with Gasteiger partial charge in [-0.05, 0) is 123 Å². The van der Waals surface area contributed by atoms with E-state index < -0.39 is 0 Å². The SMILES string of the molecule is CC/C=C/C=C/C=C\C=C/C=C/CCCCCC(=O)OC1CCC2(C)C(=CCC3C2CCC2(C)C(C(C)/C=C/C(C)C(C)C)CCC32)C1. The molecule has 0 amide bonds. The maximum Gasteiger partial charge on any atom is 0.306 e. The lowest BCUT2D eigenvalue weighted by Crippen LogP contribution is -2.51. The van der Waals surface area contributed by atoms with Crippen LogP contribution in [-0.4, -0.2) is 12.1 Å². The molecule has 266 valence electrons. The van der Waals surface area contributed by atoms with Crippen molar-refractivity contribution in [3.05, 3.63) is 84.6 Å². The summed E-state index contributed by atoms with van der Waals surface area (Å²) in [5.74, 6) is 5.36. The summed E-state index contributed by atoms with van der Waals surface area (Å²) in [4.78, 5) is 12.8. The standard InChI is InChI=1S/C46H70O2/c1-8-9-10-11-12-13-14-15-16-17-18-19-20-21-22-23-44(47)48-39-30-32-45(6)38(34-39)26-27-40-42-29-28-41(46(42,7)33-31-43(40)45)37(5)25-24-36(4)35(2)3/h9-18,24-26,35-37,39-43H,8,19-23,27-34H2,1-7H3/b10-9+,12-11+,14-13-,16-15-,18-17+,25-24+. The first-order valence-corrected chi connectivity index (χ1v) is 20.0. The molecule has 0 aromatic rings. The molecule has 0 aliphatic heterocycles. The van der Waals surface area contributed by atoms with Crippen LogP contribution in [-0.2, 0) is 9.53 Å². The quantitative estimate of drug-likeness (QED) is 0.0716. The lowest BCUT2D eigenvalue weighted by Gasteiger charge is -2.58. The Hall–Kier alpha value is -2.35. The molecule has 0 bridgehead atoms. The van der Waals surface area contributed by atoms with Crippen LogP contribution in [0, 0.1) is 52.3 Å². The van der Waals surface area contributed by atoms with Crippen molar-refractivity contribution in [2.45, 2.75) is 144 Å². The van der Waals surface area contributed by atoms with E-state index in [9.17, 15) is 4.79 Å². The second kappa shape index (κ2) is 18.6. The molecule has 2 nitrogen and oxygen atoms in total. The summed E-state index contributed by atoms with van der Waals surface area (Å²) in [6.07, 6.45) is 44.4. The minimum atomic E-state index is 0.0128. The molecular formula is C46H70O2. The normalized spacial score (nSPS) is 33.7. The van der Waals surface area contributed by atoms with Gasteiger partial charge < -0.3 is 4.74 Å². The van der Waals surface area contributed by atoms with Gasteiger partial charge in [-0.2, -0.15) is 0 Å². The van der Waals surface area contributed by atoms with Crippen LogP contribution in [0.4, 0.5) is 0 Å². The van der Waals surface area contributed by atoms with Crippen LogP contribution in [0.5, 0.6) is 0 Å². The van der Waals surface area contributed by atoms with Gasteiger partial charge in [0.25, 0.3) is 0 Å². The molecule has 3 fully saturated rings. The maximum atomic E-state index is 12.8. The molecule has 0 N–H and O–H groups in total. The van der Waals surface area contributed by atoms with Crippen LogP contribution >= 0.6 is 0 Å². The van der Waals surface area contributed by atoms with Crippen molar-refractivity contribution in [2.75, 3.05) is 0 Å². The molecule has 4 aliphatic rings. The Morgan fingerprint density at radius 2 is 1.54 bits per heavy atom. The number of hydrogen-bond acceptors (Lipinski definition) is 2. The highest BCUT2D eigenvalue weighted by Crippen LogP contribution is 2.67. The van der Waals surface area contributed by atoms with Crippen molar-refractivity contribution in [3.8, 4) is 0 Å². The lowest BCUT2D eigenvalue weighted by atomic mass is 9.47. The fourth-order valence-corrected chi connectivity index (χ4v) is 10.1. The van der Waals surface area contributed by atoms with Crippen LogP contribution in [0.2, 0.25) is 0 Å². The summed E-state index contributed by atoms with van der Waals surface area (Å²) >= 11 is 0. The molecule has 4 aliphatic carbocycles. The Kier molecular flexibility index (Phi) is 14.9. The smallest absolute Gasteiger partial charge is 0.306 e. The Bertz CT molecular complexity index is 1220. The summed E-state index contributed by atoms with van der Waals surface area (Å²) in [6, 6.07) is 0. The summed E-state index contributed by atoms with van der Waals surface area (Å²) in [6.45, 7) is 16.9. The van der Waals surface area contributed by atoms with E-state index in [-0.39, 0.29) is 12.1 Å². The predicted octanol–water partition coefficient (Wildman–Crippen LogP) is 13.1. The highest BCUT2D eigenvalue weighted by atomic mass is 16.5. The number of carbonyl (C=O) groups excluding carboxylic acids is 1. The zero-order valence-electron chi connectivity index (χ0n) is 31.8. The van der Waals surface area contributed by atoms with E-state index in [2.05, 4.69) is 109 Å². The van der Waals surface area contributed by atoms with Gasteiger partial charge in [-0.3, -0.25) is 4.79 Å². The third-order valence-corrected chi connectivity index (χ3v) is 13.4. The average molecular weight is 655 g/mol. The molecule has 48 heavy (non-hydrogen) atoms. The van der Waals surface area contributed by atoms with Crippen LogP contribution in [0.1, 0.15) is 138 Å². The summed E-state index contributed by atoms with van der Waals surface area (Å²) in [5.41, 5.74) is 2.39. The molecule has 0 spiro atoms. The van der Waals surface area contributed by atoms with Crippen LogP contribution in [0.15, 0.2) is 84.6 Å². The van der Waals surface area contributed by atoms with E-state index in [1.54, 1.807) is 5.57 Å². The first-order valence-electron chi connectivity index (χ1n) is 20.0. The molecule has 2 heteroatoms. The maximum absolute atomic E-state index is 12.8. The van der Waals surface area contributed by atoms with Crippen molar-refractivity contribution in [1.29, 1.82) is 0 Å². The van der Waals surface area contributed by atoms with Crippen molar-refractivity contribution in [1.82, 2.24) is 0 Å². The van der Waals surface area contributed by atoms with Crippen LogP contribution in [0.25, 0.3) is 0 Å². The minimum Gasteiger partial charge on any atom is -0.462 e. The Balaban J connectivity index is 1.18. The number of hydrogen-bond donors (Lipinski definition) is 0. The van der Waals surface area contributed by atoms with Gasteiger partial charge in [0, 0.05) is 12.8 Å². The molecule has 0 saturated heterocycles. The van der Waals surface area contributed by atoms with Gasteiger partial charge in [0.1, 0.15) is 6.10 Å². The zero-order chi connectivity index (χ0) is 34.6. The molecule has 0 aromatic heterocycles. The molecule has 3 saturated carbocycles. The fourth-order valence-electron chi connectivity index (χ4n) is 10.1. The molecule has 0 radical (unpaired) electrons. The molecule has 9 atom stereocenters. The highest BCUT2D eigenvalue weighted by molar-refractivity contribution is 5.69. The first-order chi connectivity index (χ1) is 23.1. The van der Waals surface area contributed by atoms with Gasteiger partial charge in [-0.25, -0.2) is 0 Å². The number of esters is 1. The van der Waals surface area contributed by atoms with Crippen molar-refractivity contribution in [3.63, 3.8) is 0 Å². The third kappa shape index (κ3) is 9.88. The molecular weight excluding hydrogens is 585 g/mol. The van der Waals surface area contributed by atoms with Crippen LogP contribution < -0.4 is 0 Å². The number of ether oxygens (including phenoxy) is 1. The zero-order valence-corrected chi connectivity index (χ0v) is 31.8. The summed E-state index contributed by atoms with van der Waals surface area (Å²) < 4.78 is 6.10. The number of unbranched alkanes of at least 4 members (excludes halogenated alkanes) is 3. The van der Waals surface area contributed by atoms with Crippen molar-refractivity contribution < 1.29 is 9.53 Å². The van der Waals surface area contributed by atoms with Gasteiger partial charge in [0.15, 0.2) is 0 Å². The van der Waals surface area contributed by atoms with Gasteiger partial charge in [0.2, 0.25) is 0 Å². The van der Waals surface area contributed by atoms with Crippen molar-refractivity contribution >= 4 is 5.97 Å². The van der Waals surface area contributed by atoms with E-state index >= 15 is 0 Å². The van der Waals surface area contributed by atoms with E-state index in [1.165, 1.54) is 38.5 Å². The molecule has 9 unspecified atom stereocenters. The third-order valence-electron chi connectivity index (χ3n) is 13.4. The second-order valence-corrected chi connectivity index (χ2v) is 16.7. The largest absolute Gasteiger partial charge is 0.462 e. The number of carbonyl (C=O) groups is 1. The highest BCUT2D eigenvalue weighted by Gasteiger charge is 2.59. The van der Waals surface area contributed by atoms with E-state index in [1.807, 2.05) is 18.2 Å². The number of allylic oxidation sites excluding steroid dienone is 13. The monoisotopic (exact) mass is 655 g/mol. The van der Waals surface area contributed by atoms with E-state index in [0.29, 0.717) is 35.0 Å². The Labute approximate surface area is 296 Å². The molecule has 0 aromatic carbocycles. The summed E-state index contributed by atoms with van der Waals surface area (Å²) in [7, 11) is 0. The second-order valence-electron chi connectivity index (χ2n) is 16.7. The number of rotatable bonds is 16. The van der Waals surface area contributed by atoms with Gasteiger partial charge in [0.05, 0.1) is 0 Å². The average Bonchev–Trinajstić information content (AvgIpc) is 3.42. The van der Waals surface area contributed by atoms with Gasteiger partial charge in [-0.1, -0.05) is 139 Å². The molecule has 4 rings (SSSR count). The fraction of sp³-hybridized carbons (Fsp3) is 0.674. The Morgan fingerprint density at radius 3 is 2.25 bits per heavy atom. The first kappa shape index (κ1) is 38.5. The Morgan fingerprint density at radius 1 is 0.833 bits per heavy atom. The van der Waals surface area contributed by atoms with E-state index in [0.717, 1.165) is 68.6 Å². The number of fused-ring (bicyclic) bond motifs is 5. The van der Waals surface area contributed by atoms with Crippen molar-refractivity contribution in [2.24, 2.45) is 52.3 Å². The lowest BCUT2D eigenvalue weighted by molar-refractivity contribution is -0.151. The van der Waals surface area contributed by atoms with Gasteiger partial charge >= 0.3 is 5.97 Å². The summed E-state index contributed by atoms with van der Waals surface area (Å²) in [5, 5.41) is 0. The van der Waals surface area contributed by atoms with Crippen LogP contribution in [0.3, 0.4) is 0 Å². The topological polar surface area (TPSA) is 26.3 Å². The minimum absolute atomic E-state index is 0.0128.